The molecule has 0 aliphatic carbocycles. The highest BCUT2D eigenvalue weighted by Crippen LogP contribution is 2.35. The van der Waals surface area contributed by atoms with Crippen molar-refractivity contribution < 1.29 is 14.2 Å². The van der Waals surface area contributed by atoms with Gasteiger partial charge in [-0.25, -0.2) is 14.4 Å². The van der Waals surface area contributed by atoms with Gasteiger partial charge in [0.1, 0.15) is 0 Å². The predicted octanol–water partition coefficient (Wildman–Crippen LogP) is 3.06. The molecule has 4 heterocycles. The average Bonchev–Trinajstić information content (AvgIpc) is 3.37. The highest BCUT2D eigenvalue weighted by Gasteiger charge is 2.31. The van der Waals surface area contributed by atoms with Crippen LogP contribution in [-0.2, 0) is 6.54 Å². The number of nitrogen functional groups attached to an aromatic ring is 1. The third kappa shape index (κ3) is 4.24. The minimum absolute atomic E-state index is 0.0562. The van der Waals surface area contributed by atoms with Gasteiger partial charge in [0, 0.05) is 36.2 Å². The fourth-order valence-electron chi connectivity index (χ4n) is 4.90. The van der Waals surface area contributed by atoms with Crippen LogP contribution in [-0.4, -0.2) is 59.8 Å². The number of nitrogens with zero attached hydrogens (tertiary/aromatic N) is 7. The molecule has 0 unspecified atom stereocenters. The Balaban J connectivity index is 1.50. The minimum atomic E-state index is -0.855. The summed E-state index contributed by atoms with van der Waals surface area (Å²) in [6.45, 7) is 8.84. The number of rotatable bonds is 5. The SMILES string of the molecule is COc1cc2nc(N)n3nc([C@H]4CC[C@@H](C)N(c5cn(CC(C)(C)O)nc5C)C4)nc3c2cc1F. The molecule has 10 nitrogen and oxygen atoms in total. The summed E-state index contributed by atoms with van der Waals surface area (Å²) in [5.74, 6) is 0.506. The van der Waals surface area contributed by atoms with Gasteiger partial charge >= 0.3 is 0 Å². The zero-order valence-electron chi connectivity index (χ0n) is 20.7. The summed E-state index contributed by atoms with van der Waals surface area (Å²) in [5.41, 5.74) is 8.25. The number of nitrogens with two attached hydrogens (primary N) is 1. The molecule has 35 heavy (non-hydrogen) atoms. The van der Waals surface area contributed by atoms with E-state index in [-0.39, 0.29) is 17.6 Å². The average molecular weight is 483 g/mol. The third-order valence-electron chi connectivity index (χ3n) is 6.61. The Bertz CT molecular complexity index is 1410. The smallest absolute Gasteiger partial charge is 0.223 e. The second kappa shape index (κ2) is 8.33. The number of benzene rings is 1. The monoisotopic (exact) mass is 482 g/mol. The minimum Gasteiger partial charge on any atom is -0.494 e. The molecule has 1 saturated heterocycles. The number of aromatic nitrogens is 6. The third-order valence-corrected chi connectivity index (χ3v) is 6.61. The maximum absolute atomic E-state index is 14.5. The van der Waals surface area contributed by atoms with E-state index in [9.17, 15) is 9.50 Å². The van der Waals surface area contributed by atoms with Gasteiger partial charge in [0.15, 0.2) is 23.0 Å². The van der Waals surface area contributed by atoms with Crippen molar-refractivity contribution in [3.8, 4) is 5.75 Å². The van der Waals surface area contributed by atoms with Crippen molar-refractivity contribution in [1.29, 1.82) is 0 Å². The first-order chi connectivity index (χ1) is 16.5. The lowest BCUT2D eigenvalue weighted by atomic mass is 9.92. The van der Waals surface area contributed by atoms with Gasteiger partial charge in [-0.15, -0.1) is 5.10 Å². The Hall–Kier alpha value is -3.47. The molecule has 1 aliphatic heterocycles. The standard InChI is InChI=1S/C24H31FN8O2/c1-13-6-7-15(10-32(13)19-11-31(29-14(19)2)12-24(3,4)34)21-28-22-16-8-17(25)20(35-5)9-18(16)27-23(26)33(22)30-21/h8-9,11,13,15,34H,6-7,10,12H2,1-5H3,(H2,26,27)/t13-,15+/m1/s1. The second-order valence-corrected chi connectivity index (χ2v) is 10.1. The number of hydrogen-bond donors (Lipinski definition) is 2. The van der Waals surface area contributed by atoms with Gasteiger partial charge in [-0.3, -0.25) is 4.68 Å². The predicted molar refractivity (Wildman–Crippen MR) is 131 cm³/mol. The molecular weight excluding hydrogens is 451 g/mol. The van der Waals surface area contributed by atoms with E-state index >= 15 is 0 Å². The van der Waals surface area contributed by atoms with Gasteiger partial charge in [-0.2, -0.15) is 9.61 Å². The van der Waals surface area contributed by atoms with Gasteiger partial charge in [-0.1, -0.05) is 0 Å². The number of methoxy groups -OCH3 is 1. The zero-order chi connectivity index (χ0) is 25.1. The Labute approximate surface area is 202 Å². The molecular formula is C24H31FN8O2. The number of anilines is 2. The Morgan fingerprint density at radius 2 is 2.00 bits per heavy atom. The first kappa shape index (κ1) is 23.3. The van der Waals surface area contributed by atoms with Crippen molar-refractivity contribution in [1.82, 2.24) is 29.4 Å². The van der Waals surface area contributed by atoms with Gasteiger partial charge in [0.25, 0.3) is 0 Å². The largest absolute Gasteiger partial charge is 0.494 e. The van der Waals surface area contributed by atoms with E-state index in [0.29, 0.717) is 41.5 Å². The van der Waals surface area contributed by atoms with Crippen LogP contribution in [0.3, 0.4) is 0 Å². The van der Waals surface area contributed by atoms with E-state index < -0.39 is 11.4 Å². The van der Waals surface area contributed by atoms with E-state index in [4.69, 9.17) is 15.5 Å². The van der Waals surface area contributed by atoms with Crippen LogP contribution in [0.1, 0.15) is 51.0 Å². The maximum atomic E-state index is 14.5. The van der Waals surface area contributed by atoms with Crippen LogP contribution in [0.4, 0.5) is 16.0 Å². The van der Waals surface area contributed by atoms with E-state index in [0.717, 1.165) is 24.2 Å². The fourth-order valence-corrected chi connectivity index (χ4v) is 4.90. The van der Waals surface area contributed by atoms with Crippen LogP contribution in [0, 0.1) is 12.7 Å². The summed E-state index contributed by atoms with van der Waals surface area (Å²) in [4.78, 5) is 11.5. The zero-order valence-corrected chi connectivity index (χ0v) is 20.7. The quantitative estimate of drug-likeness (QED) is 0.445. The highest BCUT2D eigenvalue weighted by molar-refractivity contribution is 5.93. The molecule has 0 radical (unpaired) electrons. The van der Waals surface area contributed by atoms with Crippen molar-refractivity contribution in [2.45, 2.75) is 64.6 Å². The van der Waals surface area contributed by atoms with Crippen molar-refractivity contribution in [3.05, 3.63) is 35.7 Å². The molecule has 2 atom stereocenters. The van der Waals surface area contributed by atoms with Crippen LogP contribution < -0.4 is 15.4 Å². The van der Waals surface area contributed by atoms with Crippen LogP contribution in [0.25, 0.3) is 16.6 Å². The lowest BCUT2D eigenvalue weighted by Crippen LogP contribution is -2.41. The lowest BCUT2D eigenvalue weighted by molar-refractivity contribution is 0.0577. The molecule has 0 spiro atoms. The molecule has 1 aliphatic rings. The fraction of sp³-hybridized carbons (Fsp3) is 0.500. The Kier molecular flexibility index (Phi) is 5.54. The van der Waals surface area contributed by atoms with Crippen molar-refractivity contribution in [3.63, 3.8) is 0 Å². The molecule has 1 aromatic carbocycles. The first-order valence-electron chi connectivity index (χ1n) is 11.8. The molecule has 0 bridgehead atoms. The number of hydrogen-bond acceptors (Lipinski definition) is 8. The van der Waals surface area contributed by atoms with Gasteiger partial charge in [0.2, 0.25) is 5.95 Å². The highest BCUT2D eigenvalue weighted by atomic mass is 19.1. The molecule has 186 valence electrons. The summed E-state index contributed by atoms with van der Waals surface area (Å²) < 4.78 is 22.8. The number of piperidine rings is 1. The summed E-state index contributed by atoms with van der Waals surface area (Å²) in [6, 6.07) is 3.20. The molecule has 1 fully saturated rings. The van der Waals surface area contributed by atoms with Crippen molar-refractivity contribution in [2.24, 2.45) is 0 Å². The maximum Gasteiger partial charge on any atom is 0.223 e. The summed E-state index contributed by atoms with van der Waals surface area (Å²) in [7, 11) is 1.41. The molecule has 11 heteroatoms. The van der Waals surface area contributed by atoms with E-state index in [1.54, 1.807) is 18.5 Å². The topological polar surface area (TPSA) is 120 Å². The van der Waals surface area contributed by atoms with Gasteiger partial charge in [-0.05, 0) is 46.6 Å². The normalized spacial score (nSPS) is 19.1. The molecule has 0 amide bonds. The number of halogens is 1. The molecule has 0 saturated carbocycles. The summed E-state index contributed by atoms with van der Waals surface area (Å²) in [5, 5.41) is 20.0. The van der Waals surface area contributed by atoms with Crippen LogP contribution >= 0.6 is 0 Å². The van der Waals surface area contributed by atoms with Gasteiger partial charge in [0.05, 0.1) is 36.2 Å². The van der Waals surface area contributed by atoms with Crippen LogP contribution in [0.2, 0.25) is 0 Å². The van der Waals surface area contributed by atoms with E-state index in [1.807, 2.05) is 13.1 Å². The molecule has 3 aromatic heterocycles. The number of fused-ring (bicyclic) bond motifs is 3. The number of aryl methyl sites for hydroxylation is 1. The van der Waals surface area contributed by atoms with E-state index in [2.05, 4.69) is 27.0 Å². The van der Waals surface area contributed by atoms with E-state index in [1.165, 1.54) is 23.8 Å². The number of aliphatic hydroxyl groups is 1. The lowest BCUT2D eigenvalue weighted by Gasteiger charge is -2.38. The van der Waals surface area contributed by atoms with Crippen molar-refractivity contribution in [2.75, 3.05) is 24.3 Å². The second-order valence-electron chi connectivity index (χ2n) is 10.1. The molecule has 4 aromatic rings. The van der Waals surface area contributed by atoms with Gasteiger partial charge < -0.3 is 20.5 Å². The summed E-state index contributed by atoms with van der Waals surface area (Å²) in [6.07, 6.45) is 3.87. The number of ether oxygens (including phenoxy) is 1. The van der Waals surface area contributed by atoms with Crippen LogP contribution in [0.15, 0.2) is 18.3 Å². The van der Waals surface area contributed by atoms with Crippen molar-refractivity contribution >= 4 is 28.2 Å². The van der Waals surface area contributed by atoms with Crippen LogP contribution in [0.5, 0.6) is 5.75 Å². The molecule has 5 rings (SSSR count). The summed E-state index contributed by atoms with van der Waals surface area (Å²) >= 11 is 0. The molecule has 3 N–H and O–H groups in total. The first-order valence-corrected chi connectivity index (χ1v) is 11.8. The Morgan fingerprint density at radius 3 is 2.71 bits per heavy atom. The Morgan fingerprint density at radius 1 is 1.23 bits per heavy atom.